The average molecular weight is 229 g/mol. The first-order valence-electron chi connectivity index (χ1n) is 6.67. The standard InChI is InChI=1S/C13H27NO2/c1-4-14-12(7-6-10-15-3)13(16-5-2)11-8-9-11/h11-14H,4-10H2,1-3H3. The number of nitrogens with one attached hydrogen (secondary N) is 1. The van der Waals surface area contributed by atoms with Crippen LogP contribution in [0.2, 0.25) is 0 Å². The number of methoxy groups -OCH3 is 1. The zero-order chi connectivity index (χ0) is 11.8. The topological polar surface area (TPSA) is 30.5 Å². The Morgan fingerprint density at radius 3 is 2.56 bits per heavy atom. The van der Waals surface area contributed by atoms with Crippen LogP contribution >= 0.6 is 0 Å². The lowest BCUT2D eigenvalue weighted by atomic mass is 10.0. The third-order valence-corrected chi connectivity index (χ3v) is 3.17. The van der Waals surface area contributed by atoms with Gasteiger partial charge in [-0.15, -0.1) is 0 Å². The maximum Gasteiger partial charge on any atom is 0.0755 e. The molecule has 96 valence electrons. The molecule has 0 radical (unpaired) electrons. The van der Waals surface area contributed by atoms with E-state index in [2.05, 4.69) is 19.2 Å². The molecule has 1 aliphatic rings. The van der Waals surface area contributed by atoms with Gasteiger partial charge in [-0.3, -0.25) is 0 Å². The Morgan fingerprint density at radius 1 is 1.31 bits per heavy atom. The molecular weight excluding hydrogens is 202 g/mol. The summed E-state index contributed by atoms with van der Waals surface area (Å²) in [5, 5.41) is 3.57. The molecule has 0 heterocycles. The molecule has 1 saturated carbocycles. The Morgan fingerprint density at radius 2 is 2.06 bits per heavy atom. The van der Waals surface area contributed by atoms with Crippen LogP contribution in [-0.2, 0) is 9.47 Å². The van der Waals surface area contributed by atoms with Gasteiger partial charge in [0.05, 0.1) is 6.10 Å². The van der Waals surface area contributed by atoms with Crippen LogP contribution in [-0.4, -0.2) is 39.0 Å². The van der Waals surface area contributed by atoms with Gasteiger partial charge < -0.3 is 14.8 Å². The van der Waals surface area contributed by atoms with Gasteiger partial charge in [0.2, 0.25) is 0 Å². The van der Waals surface area contributed by atoms with Gasteiger partial charge in [-0.05, 0) is 45.1 Å². The van der Waals surface area contributed by atoms with Crippen molar-refractivity contribution in [3.8, 4) is 0 Å². The summed E-state index contributed by atoms with van der Waals surface area (Å²) in [6, 6.07) is 0.507. The Balaban J connectivity index is 2.37. The third-order valence-electron chi connectivity index (χ3n) is 3.17. The second kappa shape index (κ2) is 8.04. The Kier molecular flexibility index (Phi) is 7.01. The molecule has 2 atom stereocenters. The maximum atomic E-state index is 5.91. The monoisotopic (exact) mass is 229 g/mol. The van der Waals surface area contributed by atoms with Gasteiger partial charge in [0.25, 0.3) is 0 Å². The summed E-state index contributed by atoms with van der Waals surface area (Å²) in [6.07, 6.45) is 5.38. The van der Waals surface area contributed by atoms with Gasteiger partial charge in [-0.2, -0.15) is 0 Å². The number of hydrogen-bond acceptors (Lipinski definition) is 3. The minimum absolute atomic E-state index is 0.418. The summed E-state index contributed by atoms with van der Waals surface area (Å²) in [5.41, 5.74) is 0. The van der Waals surface area contributed by atoms with Crippen LogP contribution < -0.4 is 5.32 Å². The lowest BCUT2D eigenvalue weighted by Crippen LogP contribution is -2.42. The van der Waals surface area contributed by atoms with Crippen LogP contribution in [0.4, 0.5) is 0 Å². The van der Waals surface area contributed by atoms with Crippen molar-refractivity contribution in [2.24, 2.45) is 5.92 Å². The summed E-state index contributed by atoms with van der Waals surface area (Å²) >= 11 is 0. The molecule has 1 rings (SSSR count). The third kappa shape index (κ3) is 4.81. The maximum absolute atomic E-state index is 5.91. The molecule has 1 fully saturated rings. The van der Waals surface area contributed by atoms with Crippen LogP contribution in [0.1, 0.15) is 39.5 Å². The molecule has 1 aliphatic carbocycles. The molecule has 0 saturated heterocycles. The predicted molar refractivity (Wildman–Crippen MR) is 66.7 cm³/mol. The SMILES string of the molecule is CCNC(CCCOC)C(OCC)C1CC1. The molecule has 0 bridgehead atoms. The molecule has 0 aromatic rings. The first-order valence-corrected chi connectivity index (χ1v) is 6.67. The van der Waals surface area contributed by atoms with E-state index in [0.29, 0.717) is 12.1 Å². The molecule has 0 spiro atoms. The van der Waals surface area contributed by atoms with E-state index in [0.717, 1.165) is 38.5 Å². The first kappa shape index (κ1) is 13.9. The van der Waals surface area contributed by atoms with E-state index in [1.165, 1.54) is 12.8 Å². The van der Waals surface area contributed by atoms with Gasteiger partial charge in [-0.25, -0.2) is 0 Å². The van der Waals surface area contributed by atoms with Gasteiger partial charge in [-0.1, -0.05) is 6.92 Å². The fraction of sp³-hybridized carbons (Fsp3) is 1.00. The number of hydrogen-bond donors (Lipinski definition) is 1. The number of rotatable bonds is 10. The lowest BCUT2D eigenvalue weighted by molar-refractivity contribution is 0.0153. The Bertz CT molecular complexity index is 171. The minimum Gasteiger partial charge on any atom is -0.385 e. The summed E-state index contributed by atoms with van der Waals surface area (Å²) in [6.45, 7) is 6.96. The normalized spacial score (nSPS) is 19.7. The highest BCUT2D eigenvalue weighted by molar-refractivity contribution is 4.90. The fourth-order valence-corrected chi connectivity index (χ4v) is 2.29. The molecule has 1 N–H and O–H groups in total. The second-order valence-electron chi connectivity index (χ2n) is 4.56. The van der Waals surface area contributed by atoms with Crippen molar-refractivity contribution < 1.29 is 9.47 Å². The van der Waals surface area contributed by atoms with E-state index in [9.17, 15) is 0 Å². The Labute approximate surface area is 99.9 Å². The summed E-state index contributed by atoms with van der Waals surface area (Å²) in [4.78, 5) is 0. The number of likely N-dealkylation sites (N-methyl/N-ethyl adjacent to an activating group) is 1. The largest absolute Gasteiger partial charge is 0.385 e. The van der Waals surface area contributed by atoms with Gasteiger partial charge in [0, 0.05) is 26.4 Å². The second-order valence-corrected chi connectivity index (χ2v) is 4.56. The molecule has 0 aliphatic heterocycles. The van der Waals surface area contributed by atoms with E-state index in [1.807, 2.05) is 0 Å². The van der Waals surface area contributed by atoms with Crippen LogP contribution in [0.15, 0.2) is 0 Å². The smallest absolute Gasteiger partial charge is 0.0755 e. The highest BCUT2D eigenvalue weighted by atomic mass is 16.5. The lowest BCUT2D eigenvalue weighted by Gasteiger charge is -2.27. The molecule has 0 amide bonds. The quantitative estimate of drug-likeness (QED) is 0.583. The van der Waals surface area contributed by atoms with E-state index >= 15 is 0 Å². The van der Waals surface area contributed by atoms with Gasteiger partial charge in [0.15, 0.2) is 0 Å². The van der Waals surface area contributed by atoms with Crippen molar-refractivity contribution in [2.45, 2.75) is 51.7 Å². The van der Waals surface area contributed by atoms with E-state index < -0.39 is 0 Å². The summed E-state index contributed by atoms with van der Waals surface area (Å²) in [7, 11) is 1.77. The van der Waals surface area contributed by atoms with Crippen LogP contribution in [0.3, 0.4) is 0 Å². The highest BCUT2D eigenvalue weighted by Gasteiger charge is 2.36. The molecular formula is C13H27NO2. The number of ether oxygens (including phenoxy) is 2. The average Bonchev–Trinajstić information content (AvgIpc) is 3.09. The van der Waals surface area contributed by atoms with Crippen molar-refractivity contribution in [1.29, 1.82) is 0 Å². The highest BCUT2D eigenvalue weighted by Crippen LogP contribution is 2.36. The van der Waals surface area contributed by atoms with Gasteiger partial charge in [0.1, 0.15) is 0 Å². The summed E-state index contributed by atoms with van der Waals surface area (Å²) < 4.78 is 11.0. The predicted octanol–water partition coefficient (Wildman–Crippen LogP) is 2.21. The fourth-order valence-electron chi connectivity index (χ4n) is 2.29. The Hall–Kier alpha value is -0.120. The van der Waals surface area contributed by atoms with Crippen molar-refractivity contribution >= 4 is 0 Å². The van der Waals surface area contributed by atoms with Crippen molar-refractivity contribution in [3.63, 3.8) is 0 Å². The van der Waals surface area contributed by atoms with E-state index in [4.69, 9.17) is 9.47 Å². The zero-order valence-electron chi connectivity index (χ0n) is 11.0. The molecule has 0 aromatic carbocycles. The molecule has 0 aromatic heterocycles. The van der Waals surface area contributed by atoms with Crippen LogP contribution in [0.5, 0.6) is 0 Å². The zero-order valence-corrected chi connectivity index (χ0v) is 11.0. The molecule has 3 nitrogen and oxygen atoms in total. The summed E-state index contributed by atoms with van der Waals surface area (Å²) in [5.74, 6) is 0.798. The first-order chi connectivity index (χ1) is 7.83. The van der Waals surface area contributed by atoms with Crippen molar-refractivity contribution in [3.05, 3.63) is 0 Å². The van der Waals surface area contributed by atoms with E-state index in [1.54, 1.807) is 7.11 Å². The van der Waals surface area contributed by atoms with Crippen molar-refractivity contribution in [1.82, 2.24) is 5.32 Å². The van der Waals surface area contributed by atoms with Crippen LogP contribution in [0.25, 0.3) is 0 Å². The van der Waals surface area contributed by atoms with Crippen LogP contribution in [0, 0.1) is 5.92 Å². The molecule has 2 unspecified atom stereocenters. The minimum atomic E-state index is 0.418. The van der Waals surface area contributed by atoms with Gasteiger partial charge >= 0.3 is 0 Å². The van der Waals surface area contributed by atoms with Crippen molar-refractivity contribution in [2.75, 3.05) is 26.9 Å². The molecule has 16 heavy (non-hydrogen) atoms. The van der Waals surface area contributed by atoms with E-state index in [-0.39, 0.29) is 0 Å². The molecule has 3 heteroatoms.